The average molecular weight is 397 g/mol. The number of aryl methyl sites for hydroxylation is 1. The van der Waals surface area contributed by atoms with Gasteiger partial charge in [-0.25, -0.2) is 4.79 Å². The zero-order valence-corrected chi connectivity index (χ0v) is 17.2. The van der Waals surface area contributed by atoms with Crippen LogP contribution < -0.4 is 5.32 Å². The van der Waals surface area contributed by atoms with E-state index >= 15 is 0 Å². The molecule has 2 atom stereocenters. The minimum Gasteiger partial charge on any atom is -0.467 e. The predicted molar refractivity (Wildman–Crippen MR) is 107 cm³/mol. The maximum Gasteiger partial charge on any atom is 0.325 e. The first-order valence-electron chi connectivity index (χ1n) is 10.2. The molecule has 0 radical (unpaired) electrons. The minimum atomic E-state index is -0.841. The zero-order valence-electron chi connectivity index (χ0n) is 17.2. The number of aromatic nitrogens is 1. The molecule has 1 spiro atoms. The molecular formula is C22H27N3O4. The summed E-state index contributed by atoms with van der Waals surface area (Å²) >= 11 is 0. The van der Waals surface area contributed by atoms with Gasteiger partial charge in [0.05, 0.1) is 19.4 Å². The third-order valence-electron chi connectivity index (χ3n) is 6.57. The van der Waals surface area contributed by atoms with Crippen LogP contribution in [0.2, 0.25) is 0 Å². The highest BCUT2D eigenvalue weighted by atomic mass is 16.3. The Kier molecular flexibility index (Phi) is 4.84. The Morgan fingerprint density at radius 1 is 1.31 bits per heavy atom. The first kappa shape index (κ1) is 19.5. The topological polar surface area (TPSA) is 84.5 Å². The summed E-state index contributed by atoms with van der Waals surface area (Å²) in [7, 11) is 0. The molecule has 2 fully saturated rings. The zero-order chi connectivity index (χ0) is 20.8. The van der Waals surface area contributed by atoms with Crippen LogP contribution in [0.5, 0.6) is 0 Å². The van der Waals surface area contributed by atoms with Crippen molar-refractivity contribution in [3.8, 4) is 0 Å². The quantitative estimate of drug-likeness (QED) is 0.619. The smallest absolute Gasteiger partial charge is 0.325 e. The van der Waals surface area contributed by atoms with E-state index < -0.39 is 11.6 Å². The van der Waals surface area contributed by atoms with Gasteiger partial charge in [0.2, 0.25) is 0 Å². The van der Waals surface area contributed by atoms with Gasteiger partial charge in [0.1, 0.15) is 11.3 Å². The van der Waals surface area contributed by atoms with Gasteiger partial charge in [-0.1, -0.05) is 19.8 Å². The van der Waals surface area contributed by atoms with Crippen molar-refractivity contribution in [2.45, 2.75) is 58.5 Å². The standard InChI is InChI=1S/C22H27N3O4/c1-14-7-4-5-9-22(14)20(27)25(21(28)23-22)13-19(26)18-11-15(2)24(16(18)3)12-17-8-6-10-29-17/h6,8,10-11,14H,4-5,7,9,12-13H2,1-3H3,(H,23,28)/t14-,22+/m1/s1. The number of hydrogen-bond donors (Lipinski definition) is 1. The average Bonchev–Trinajstić information content (AvgIpc) is 3.36. The molecule has 29 heavy (non-hydrogen) atoms. The van der Waals surface area contributed by atoms with Crippen LogP contribution in [0.3, 0.4) is 0 Å². The van der Waals surface area contributed by atoms with E-state index in [1.54, 1.807) is 6.26 Å². The summed E-state index contributed by atoms with van der Waals surface area (Å²) in [6, 6.07) is 5.08. The van der Waals surface area contributed by atoms with Crippen LogP contribution in [-0.4, -0.2) is 39.3 Å². The molecule has 2 aromatic rings. The molecule has 154 valence electrons. The Labute approximate surface area is 170 Å². The third-order valence-corrected chi connectivity index (χ3v) is 6.57. The Hall–Kier alpha value is -2.83. The fourth-order valence-corrected chi connectivity index (χ4v) is 4.75. The fourth-order valence-electron chi connectivity index (χ4n) is 4.75. The molecule has 1 aliphatic carbocycles. The van der Waals surface area contributed by atoms with E-state index in [9.17, 15) is 14.4 Å². The Bertz CT molecular complexity index is 959. The van der Waals surface area contributed by atoms with Gasteiger partial charge in [0.25, 0.3) is 5.91 Å². The predicted octanol–water partition coefficient (Wildman–Crippen LogP) is 3.43. The number of carbonyl (C=O) groups is 3. The molecule has 7 nitrogen and oxygen atoms in total. The van der Waals surface area contributed by atoms with Crippen molar-refractivity contribution in [2.75, 3.05) is 6.54 Å². The summed E-state index contributed by atoms with van der Waals surface area (Å²) in [6.07, 6.45) is 5.14. The number of imide groups is 1. The van der Waals surface area contributed by atoms with Gasteiger partial charge in [0.15, 0.2) is 5.78 Å². The van der Waals surface area contributed by atoms with Crippen molar-refractivity contribution in [3.05, 3.63) is 47.2 Å². The molecule has 1 saturated carbocycles. The summed E-state index contributed by atoms with van der Waals surface area (Å²) in [6.45, 7) is 6.11. The normalized spacial score (nSPS) is 24.4. The number of Topliss-reactive ketones (excluding diaryl/α,β-unsaturated/α-hetero) is 1. The van der Waals surface area contributed by atoms with Gasteiger partial charge < -0.3 is 14.3 Å². The van der Waals surface area contributed by atoms with E-state index in [0.717, 1.165) is 41.3 Å². The second-order valence-electron chi connectivity index (χ2n) is 8.31. The highest BCUT2D eigenvalue weighted by Gasteiger charge is 2.55. The van der Waals surface area contributed by atoms with Crippen LogP contribution in [0.15, 0.2) is 28.9 Å². The number of amides is 3. The van der Waals surface area contributed by atoms with Gasteiger partial charge in [-0.2, -0.15) is 0 Å². The van der Waals surface area contributed by atoms with Crippen LogP contribution in [0.4, 0.5) is 4.79 Å². The van der Waals surface area contributed by atoms with Crippen LogP contribution in [-0.2, 0) is 11.3 Å². The summed E-state index contributed by atoms with van der Waals surface area (Å²) in [5.41, 5.74) is 1.42. The maximum atomic E-state index is 13.1. The third kappa shape index (κ3) is 3.18. The van der Waals surface area contributed by atoms with E-state index in [1.807, 2.05) is 43.5 Å². The molecule has 1 saturated heterocycles. The molecular weight excluding hydrogens is 370 g/mol. The summed E-state index contributed by atoms with van der Waals surface area (Å²) in [5, 5.41) is 2.90. The van der Waals surface area contributed by atoms with Gasteiger partial charge in [0, 0.05) is 17.0 Å². The van der Waals surface area contributed by atoms with E-state index in [0.29, 0.717) is 18.5 Å². The first-order valence-corrected chi connectivity index (χ1v) is 10.2. The van der Waals surface area contributed by atoms with Gasteiger partial charge >= 0.3 is 6.03 Å². The summed E-state index contributed by atoms with van der Waals surface area (Å²) in [5.74, 6) is 0.388. The summed E-state index contributed by atoms with van der Waals surface area (Å²) < 4.78 is 7.42. The molecule has 4 rings (SSSR count). The van der Waals surface area contributed by atoms with Crippen LogP contribution in [0, 0.1) is 19.8 Å². The number of furan rings is 1. The van der Waals surface area contributed by atoms with Crippen molar-refractivity contribution in [1.82, 2.24) is 14.8 Å². The van der Waals surface area contributed by atoms with E-state index in [1.165, 1.54) is 0 Å². The second kappa shape index (κ2) is 7.21. The Morgan fingerprint density at radius 3 is 2.79 bits per heavy atom. The SMILES string of the molecule is Cc1cc(C(=O)CN2C(=O)N[C@]3(CCCC[C@H]3C)C2=O)c(C)n1Cc1ccco1. The number of carbonyl (C=O) groups excluding carboxylic acids is 3. The first-order chi connectivity index (χ1) is 13.8. The number of rotatable bonds is 5. The highest BCUT2D eigenvalue weighted by Crippen LogP contribution is 2.38. The van der Waals surface area contributed by atoms with E-state index in [-0.39, 0.29) is 24.2 Å². The highest BCUT2D eigenvalue weighted by molar-refractivity contribution is 6.11. The van der Waals surface area contributed by atoms with Crippen LogP contribution >= 0.6 is 0 Å². The summed E-state index contributed by atoms with van der Waals surface area (Å²) in [4.78, 5) is 39.8. The molecule has 3 heterocycles. The molecule has 7 heteroatoms. The lowest BCUT2D eigenvalue weighted by atomic mass is 9.73. The van der Waals surface area contributed by atoms with Crippen molar-refractivity contribution in [2.24, 2.45) is 5.92 Å². The van der Waals surface area contributed by atoms with Crippen molar-refractivity contribution < 1.29 is 18.8 Å². The Morgan fingerprint density at radius 2 is 2.10 bits per heavy atom. The molecule has 2 aromatic heterocycles. The lowest BCUT2D eigenvalue weighted by Crippen LogP contribution is -2.54. The number of urea groups is 1. The number of nitrogens with one attached hydrogen (secondary N) is 1. The van der Waals surface area contributed by atoms with E-state index in [2.05, 4.69) is 5.32 Å². The number of hydrogen-bond acceptors (Lipinski definition) is 4. The lowest BCUT2D eigenvalue weighted by Gasteiger charge is -2.36. The van der Waals surface area contributed by atoms with Gasteiger partial charge in [-0.05, 0) is 50.8 Å². The van der Waals surface area contributed by atoms with E-state index in [4.69, 9.17) is 4.42 Å². The van der Waals surface area contributed by atoms with Crippen molar-refractivity contribution in [3.63, 3.8) is 0 Å². The van der Waals surface area contributed by atoms with Crippen LogP contribution in [0.25, 0.3) is 0 Å². The molecule has 3 amide bonds. The number of nitrogens with zero attached hydrogens (tertiary/aromatic N) is 2. The van der Waals surface area contributed by atoms with Gasteiger partial charge in [-0.15, -0.1) is 0 Å². The van der Waals surface area contributed by atoms with Crippen molar-refractivity contribution >= 4 is 17.7 Å². The minimum absolute atomic E-state index is 0.0751. The van der Waals surface area contributed by atoms with Gasteiger partial charge in [-0.3, -0.25) is 14.5 Å². The molecule has 0 bridgehead atoms. The number of ketones is 1. The monoisotopic (exact) mass is 397 g/mol. The molecule has 0 aromatic carbocycles. The second-order valence-corrected chi connectivity index (χ2v) is 8.31. The fraction of sp³-hybridized carbons (Fsp3) is 0.500. The molecule has 1 N–H and O–H groups in total. The Balaban J connectivity index is 1.54. The molecule has 1 aliphatic heterocycles. The van der Waals surface area contributed by atoms with Crippen LogP contribution in [0.1, 0.15) is 60.1 Å². The van der Waals surface area contributed by atoms with Crippen molar-refractivity contribution in [1.29, 1.82) is 0 Å². The lowest BCUT2D eigenvalue weighted by molar-refractivity contribution is -0.133. The maximum absolute atomic E-state index is 13.1. The molecule has 0 unspecified atom stereocenters. The molecule has 2 aliphatic rings. The largest absolute Gasteiger partial charge is 0.467 e.